The number of fused-ring (bicyclic) bond motifs is 1. The molecule has 0 spiro atoms. The zero-order valence-electron chi connectivity index (χ0n) is 16.7. The number of aromatic nitrogens is 2. The maximum absolute atomic E-state index is 13.1. The molecule has 1 aliphatic rings. The Morgan fingerprint density at radius 2 is 2.04 bits per heavy atom. The normalized spacial score (nSPS) is 17.3. The molecule has 8 heteroatoms. The van der Waals surface area contributed by atoms with E-state index in [9.17, 15) is 18.3 Å². The number of nitrogens with zero attached hydrogens (tertiary/aromatic N) is 2. The zero-order valence-corrected chi connectivity index (χ0v) is 17.5. The fourth-order valence-electron chi connectivity index (χ4n) is 3.55. The van der Waals surface area contributed by atoms with Crippen LogP contribution in [0.3, 0.4) is 0 Å². The highest BCUT2D eigenvalue weighted by atomic mass is 32.2. The van der Waals surface area contributed by atoms with Gasteiger partial charge < -0.3 is 9.84 Å². The molecule has 0 bridgehead atoms. The summed E-state index contributed by atoms with van der Waals surface area (Å²) < 4.78 is 32.8. The fourth-order valence-corrected chi connectivity index (χ4v) is 5.76. The second kappa shape index (κ2) is 7.33. The standard InChI is InChI=1S/C20H26N2O5S/c1-5-9-27-12-15-13(17(23)14-11-21-22(4)19(14)24)6-7-16-18(15)28(25,26)10-8-20(16,2)3/h6-7,11,24H,5,8-10,12H2,1-4H3. The predicted octanol–water partition coefficient (Wildman–Crippen LogP) is 2.74. The Morgan fingerprint density at radius 1 is 1.32 bits per heavy atom. The van der Waals surface area contributed by atoms with Gasteiger partial charge >= 0.3 is 0 Å². The van der Waals surface area contributed by atoms with E-state index >= 15 is 0 Å². The van der Waals surface area contributed by atoms with Gasteiger partial charge in [-0.05, 0) is 23.8 Å². The van der Waals surface area contributed by atoms with E-state index in [0.717, 1.165) is 6.42 Å². The minimum atomic E-state index is -3.54. The van der Waals surface area contributed by atoms with Crippen molar-refractivity contribution in [3.05, 3.63) is 40.6 Å². The molecule has 0 saturated heterocycles. The van der Waals surface area contributed by atoms with E-state index in [2.05, 4.69) is 5.10 Å². The van der Waals surface area contributed by atoms with Gasteiger partial charge in [0.2, 0.25) is 5.88 Å². The second-order valence-corrected chi connectivity index (χ2v) is 9.85. The predicted molar refractivity (Wildman–Crippen MR) is 104 cm³/mol. The average molecular weight is 407 g/mol. The number of ketones is 1. The number of aryl methyl sites for hydroxylation is 1. The zero-order chi connectivity index (χ0) is 20.7. The van der Waals surface area contributed by atoms with E-state index in [1.807, 2.05) is 20.8 Å². The van der Waals surface area contributed by atoms with Crippen molar-refractivity contribution >= 4 is 15.6 Å². The van der Waals surface area contributed by atoms with Crippen molar-refractivity contribution in [1.29, 1.82) is 0 Å². The van der Waals surface area contributed by atoms with E-state index in [4.69, 9.17) is 4.74 Å². The molecule has 1 aromatic heterocycles. The number of benzene rings is 1. The van der Waals surface area contributed by atoms with Gasteiger partial charge in [0.1, 0.15) is 5.56 Å². The highest BCUT2D eigenvalue weighted by Crippen LogP contribution is 2.41. The van der Waals surface area contributed by atoms with E-state index in [1.54, 1.807) is 12.1 Å². The van der Waals surface area contributed by atoms with Crippen LogP contribution >= 0.6 is 0 Å². The molecule has 1 aliphatic heterocycles. The minimum absolute atomic E-state index is 0.0222. The molecule has 2 aromatic rings. The molecule has 152 valence electrons. The Labute approximate surface area is 165 Å². The summed E-state index contributed by atoms with van der Waals surface area (Å²) in [4.78, 5) is 13.3. The first-order chi connectivity index (χ1) is 13.1. The topological polar surface area (TPSA) is 98.5 Å². The Hall–Kier alpha value is -2.19. The maximum atomic E-state index is 13.1. The molecular weight excluding hydrogens is 380 g/mol. The van der Waals surface area contributed by atoms with Crippen LogP contribution < -0.4 is 0 Å². The molecule has 0 unspecified atom stereocenters. The largest absolute Gasteiger partial charge is 0.493 e. The Morgan fingerprint density at radius 3 is 2.64 bits per heavy atom. The number of carbonyl (C=O) groups excluding carboxylic acids is 1. The van der Waals surface area contributed by atoms with Gasteiger partial charge in [-0.1, -0.05) is 32.9 Å². The summed E-state index contributed by atoms with van der Waals surface area (Å²) in [7, 11) is -2.01. The van der Waals surface area contributed by atoms with Gasteiger partial charge in [0.15, 0.2) is 15.6 Å². The first kappa shape index (κ1) is 20.5. The van der Waals surface area contributed by atoms with Crippen molar-refractivity contribution in [1.82, 2.24) is 9.78 Å². The summed E-state index contributed by atoms with van der Waals surface area (Å²) in [6.07, 6.45) is 2.58. The van der Waals surface area contributed by atoms with Crippen LogP contribution in [0.2, 0.25) is 0 Å². The van der Waals surface area contributed by atoms with Crippen molar-refractivity contribution < 1.29 is 23.1 Å². The molecule has 0 saturated carbocycles. The molecule has 7 nitrogen and oxygen atoms in total. The molecule has 1 aromatic carbocycles. The summed E-state index contributed by atoms with van der Waals surface area (Å²) >= 11 is 0. The highest BCUT2D eigenvalue weighted by molar-refractivity contribution is 7.91. The van der Waals surface area contributed by atoms with E-state index in [0.29, 0.717) is 24.2 Å². The fraction of sp³-hybridized carbons (Fsp3) is 0.500. The second-order valence-electron chi connectivity index (χ2n) is 7.81. The van der Waals surface area contributed by atoms with Crippen molar-refractivity contribution in [3.63, 3.8) is 0 Å². The van der Waals surface area contributed by atoms with E-state index in [-0.39, 0.29) is 39.7 Å². The minimum Gasteiger partial charge on any atom is -0.493 e. The molecule has 0 fully saturated rings. The van der Waals surface area contributed by atoms with E-state index in [1.165, 1.54) is 17.9 Å². The number of hydrogen-bond donors (Lipinski definition) is 1. The van der Waals surface area contributed by atoms with Crippen molar-refractivity contribution in [2.24, 2.45) is 7.05 Å². The Balaban J connectivity index is 2.23. The maximum Gasteiger partial charge on any atom is 0.220 e. The third-order valence-electron chi connectivity index (χ3n) is 5.29. The lowest BCUT2D eigenvalue weighted by molar-refractivity contribution is 0.101. The Bertz CT molecular complexity index is 1020. The third kappa shape index (κ3) is 3.46. The van der Waals surface area contributed by atoms with Crippen LogP contribution in [0.25, 0.3) is 0 Å². The number of rotatable bonds is 6. The van der Waals surface area contributed by atoms with Crippen LogP contribution in [0.1, 0.15) is 60.7 Å². The number of sulfone groups is 1. The molecule has 1 N–H and O–H groups in total. The van der Waals surface area contributed by atoms with Gasteiger partial charge in [-0.25, -0.2) is 13.1 Å². The molecule has 0 amide bonds. The van der Waals surface area contributed by atoms with Crippen LogP contribution in [0, 0.1) is 0 Å². The van der Waals surface area contributed by atoms with Crippen LogP contribution in [0.4, 0.5) is 0 Å². The summed E-state index contributed by atoms with van der Waals surface area (Å²) in [5.74, 6) is -0.697. The summed E-state index contributed by atoms with van der Waals surface area (Å²) in [5.41, 5.74) is 1.01. The van der Waals surface area contributed by atoms with Gasteiger partial charge in [0.25, 0.3) is 0 Å². The van der Waals surface area contributed by atoms with Gasteiger partial charge in [-0.15, -0.1) is 0 Å². The summed E-state index contributed by atoms with van der Waals surface area (Å²) in [6, 6.07) is 3.36. The number of aromatic hydroxyl groups is 1. The number of ether oxygens (including phenoxy) is 1. The van der Waals surface area contributed by atoms with Crippen LogP contribution in [-0.4, -0.2) is 41.4 Å². The van der Waals surface area contributed by atoms with Crippen molar-refractivity contribution in [2.45, 2.75) is 50.5 Å². The van der Waals surface area contributed by atoms with Crippen LogP contribution in [0.5, 0.6) is 5.88 Å². The van der Waals surface area contributed by atoms with Crippen LogP contribution in [-0.2, 0) is 33.6 Å². The van der Waals surface area contributed by atoms with Gasteiger partial charge in [0.05, 0.1) is 23.5 Å². The van der Waals surface area contributed by atoms with Gasteiger partial charge in [-0.2, -0.15) is 5.10 Å². The number of hydrogen-bond acceptors (Lipinski definition) is 6. The quantitative estimate of drug-likeness (QED) is 0.585. The molecular formula is C20H26N2O5S. The highest BCUT2D eigenvalue weighted by Gasteiger charge is 2.39. The average Bonchev–Trinajstić information content (AvgIpc) is 2.97. The molecule has 0 radical (unpaired) electrons. The molecule has 0 atom stereocenters. The van der Waals surface area contributed by atoms with Gasteiger partial charge in [0, 0.05) is 24.8 Å². The smallest absolute Gasteiger partial charge is 0.220 e. The Kier molecular flexibility index (Phi) is 5.38. The lowest BCUT2D eigenvalue weighted by Gasteiger charge is -2.34. The van der Waals surface area contributed by atoms with Crippen molar-refractivity contribution in [2.75, 3.05) is 12.4 Å². The molecule has 2 heterocycles. The lowest BCUT2D eigenvalue weighted by Crippen LogP contribution is -2.32. The first-order valence-corrected chi connectivity index (χ1v) is 11.0. The monoisotopic (exact) mass is 406 g/mol. The molecule has 3 rings (SSSR count). The summed E-state index contributed by atoms with van der Waals surface area (Å²) in [5, 5.41) is 14.0. The molecule has 28 heavy (non-hydrogen) atoms. The van der Waals surface area contributed by atoms with Crippen LogP contribution in [0.15, 0.2) is 23.2 Å². The van der Waals surface area contributed by atoms with Crippen molar-refractivity contribution in [3.8, 4) is 5.88 Å². The van der Waals surface area contributed by atoms with Gasteiger partial charge in [-0.3, -0.25) is 4.79 Å². The molecule has 0 aliphatic carbocycles. The number of carbonyl (C=O) groups is 1. The first-order valence-electron chi connectivity index (χ1n) is 9.32. The lowest BCUT2D eigenvalue weighted by atomic mass is 9.80. The van der Waals surface area contributed by atoms with E-state index < -0.39 is 15.6 Å². The summed E-state index contributed by atoms with van der Waals surface area (Å²) in [6.45, 7) is 6.45. The third-order valence-corrected chi connectivity index (χ3v) is 7.12. The SMILES string of the molecule is CCCOCc1c(C(=O)c2cnn(C)c2O)ccc2c1S(=O)(=O)CCC2(C)C.